The van der Waals surface area contributed by atoms with Crippen LogP contribution in [0.25, 0.3) is 0 Å². The molecule has 7 heteroatoms. The third-order valence-electron chi connectivity index (χ3n) is 4.08. The molecule has 0 radical (unpaired) electrons. The summed E-state index contributed by atoms with van der Waals surface area (Å²) < 4.78 is 21.6. The first-order valence-electron chi connectivity index (χ1n) is 8.35. The largest absolute Gasteiger partial charge is 0.482 e. The molecule has 0 fully saturated rings. The second kappa shape index (κ2) is 8.22. The van der Waals surface area contributed by atoms with E-state index in [1.165, 1.54) is 6.07 Å². The Bertz CT molecular complexity index is 958. The fourth-order valence-electron chi connectivity index (χ4n) is 2.71. The molecular weight excluding hydrogens is 369 g/mol. The van der Waals surface area contributed by atoms with Crippen molar-refractivity contribution in [2.45, 2.75) is 13.0 Å². The van der Waals surface area contributed by atoms with Gasteiger partial charge in [-0.15, -0.1) is 0 Å². The maximum absolute atomic E-state index is 14.3. The summed E-state index contributed by atoms with van der Waals surface area (Å²) in [5.74, 6) is 0.102. The molecule has 3 aromatic rings. The number of imidazole rings is 1. The van der Waals surface area contributed by atoms with Crippen LogP contribution >= 0.6 is 11.6 Å². The molecule has 0 spiro atoms. The highest BCUT2D eigenvalue weighted by Gasteiger charge is 2.23. The Morgan fingerprint density at radius 1 is 1.33 bits per heavy atom. The number of halogens is 2. The van der Waals surface area contributed by atoms with E-state index in [1.807, 2.05) is 13.0 Å². The fourth-order valence-corrected chi connectivity index (χ4v) is 2.89. The molecule has 140 valence electrons. The standard InChI is InChI=1S/C20H19ClFN3O2/c1-13-7-8-15(21)17(11-13)27-12-18(26)24-19(20-23-9-10-25(20)2)14-5-3-4-6-16(14)22/h3-11,19H,12H2,1-2H3,(H,24,26). The minimum Gasteiger partial charge on any atom is -0.482 e. The van der Waals surface area contributed by atoms with E-state index < -0.39 is 17.8 Å². The van der Waals surface area contributed by atoms with Crippen LogP contribution in [0.1, 0.15) is 23.0 Å². The molecule has 0 saturated carbocycles. The lowest BCUT2D eigenvalue weighted by Gasteiger charge is -2.20. The van der Waals surface area contributed by atoms with E-state index >= 15 is 0 Å². The van der Waals surface area contributed by atoms with Crippen molar-refractivity contribution >= 4 is 17.5 Å². The number of amides is 1. The maximum Gasteiger partial charge on any atom is 0.258 e. The van der Waals surface area contributed by atoms with Gasteiger partial charge in [-0.2, -0.15) is 0 Å². The van der Waals surface area contributed by atoms with Gasteiger partial charge in [-0.3, -0.25) is 4.79 Å². The predicted octanol–water partition coefficient (Wildman–Crippen LogP) is 3.81. The second-order valence-corrected chi connectivity index (χ2v) is 6.55. The quantitative estimate of drug-likeness (QED) is 0.699. The lowest BCUT2D eigenvalue weighted by molar-refractivity contribution is -0.123. The van der Waals surface area contributed by atoms with E-state index in [0.717, 1.165) is 5.56 Å². The van der Waals surface area contributed by atoms with Gasteiger partial charge in [0.25, 0.3) is 5.91 Å². The smallest absolute Gasteiger partial charge is 0.258 e. The molecule has 1 aromatic heterocycles. The molecule has 1 amide bonds. The van der Waals surface area contributed by atoms with Crippen LogP contribution in [-0.4, -0.2) is 22.1 Å². The summed E-state index contributed by atoms with van der Waals surface area (Å²) in [4.78, 5) is 16.7. The zero-order chi connectivity index (χ0) is 19.4. The van der Waals surface area contributed by atoms with Crippen LogP contribution in [0.5, 0.6) is 5.75 Å². The highest BCUT2D eigenvalue weighted by atomic mass is 35.5. The lowest BCUT2D eigenvalue weighted by Crippen LogP contribution is -2.35. The number of carbonyl (C=O) groups is 1. The molecule has 0 saturated heterocycles. The van der Waals surface area contributed by atoms with Crippen molar-refractivity contribution < 1.29 is 13.9 Å². The number of carbonyl (C=O) groups excluding carboxylic acids is 1. The van der Waals surface area contributed by atoms with Gasteiger partial charge in [-0.1, -0.05) is 35.9 Å². The Kier molecular flexibility index (Phi) is 5.76. The number of aryl methyl sites for hydroxylation is 2. The molecule has 1 unspecified atom stereocenters. The van der Waals surface area contributed by atoms with Crippen LogP contribution in [0, 0.1) is 12.7 Å². The van der Waals surface area contributed by atoms with Gasteiger partial charge in [-0.05, 0) is 30.7 Å². The van der Waals surface area contributed by atoms with Crippen molar-refractivity contribution in [3.63, 3.8) is 0 Å². The summed E-state index contributed by atoms with van der Waals surface area (Å²) in [6.45, 7) is 1.65. The number of nitrogens with zero attached hydrogens (tertiary/aromatic N) is 2. The van der Waals surface area contributed by atoms with Gasteiger partial charge in [0.1, 0.15) is 23.4 Å². The lowest BCUT2D eigenvalue weighted by atomic mass is 10.1. The van der Waals surface area contributed by atoms with E-state index in [2.05, 4.69) is 10.3 Å². The Hall–Kier alpha value is -2.86. The van der Waals surface area contributed by atoms with E-state index in [9.17, 15) is 9.18 Å². The summed E-state index contributed by atoms with van der Waals surface area (Å²) >= 11 is 6.08. The van der Waals surface area contributed by atoms with Crippen molar-refractivity contribution in [3.8, 4) is 5.75 Å². The van der Waals surface area contributed by atoms with Gasteiger partial charge in [0.05, 0.1) is 5.02 Å². The Labute approximate surface area is 161 Å². The Balaban J connectivity index is 1.78. The van der Waals surface area contributed by atoms with Crippen LogP contribution in [0.3, 0.4) is 0 Å². The molecule has 1 heterocycles. The van der Waals surface area contributed by atoms with Gasteiger partial charge in [0.15, 0.2) is 6.61 Å². The summed E-state index contributed by atoms with van der Waals surface area (Å²) in [7, 11) is 1.78. The van der Waals surface area contributed by atoms with Crippen LogP contribution in [0.15, 0.2) is 54.9 Å². The highest BCUT2D eigenvalue weighted by molar-refractivity contribution is 6.32. The number of rotatable bonds is 6. The van der Waals surface area contributed by atoms with Gasteiger partial charge >= 0.3 is 0 Å². The molecule has 3 rings (SSSR count). The molecule has 2 aromatic carbocycles. The first kappa shape index (κ1) is 18.9. The van der Waals surface area contributed by atoms with Crippen LogP contribution < -0.4 is 10.1 Å². The summed E-state index contributed by atoms with van der Waals surface area (Å²) in [6, 6.07) is 10.8. The molecule has 1 atom stereocenters. The van der Waals surface area contributed by atoms with Crippen LogP contribution in [0.2, 0.25) is 5.02 Å². The van der Waals surface area contributed by atoms with Crippen molar-refractivity contribution in [3.05, 3.63) is 82.6 Å². The Morgan fingerprint density at radius 2 is 2.11 bits per heavy atom. The minimum absolute atomic E-state index is 0.251. The van der Waals surface area contributed by atoms with Crippen LogP contribution in [0.4, 0.5) is 4.39 Å². The molecule has 5 nitrogen and oxygen atoms in total. The summed E-state index contributed by atoms with van der Waals surface area (Å²) in [6.07, 6.45) is 3.33. The minimum atomic E-state index is -0.740. The number of nitrogens with one attached hydrogen (secondary N) is 1. The normalized spacial score (nSPS) is 11.9. The number of aromatic nitrogens is 2. The second-order valence-electron chi connectivity index (χ2n) is 6.14. The van der Waals surface area contributed by atoms with Crippen molar-refractivity contribution in [2.24, 2.45) is 7.05 Å². The third kappa shape index (κ3) is 4.46. The number of ether oxygens (including phenoxy) is 1. The molecule has 1 N–H and O–H groups in total. The first-order chi connectivity index (χ1) is 13.0. The zero-order valence-corrected chi connectivity index (χ0v) is 15.7. The molecule has 0 aliphatic carbocycles. The molecular formula is C20H19ClFN3O2. The zero-order valence-electron chi connectivity index (χ0n) is 14.9. The monoisotopic (exact) mass is 387 g/mol. The number of hydrogen-bond donors (Lipinski definition) is 1. The average molecular weight is 388 g/mol. The topological polar surface area (TPSA) is 56.1 Å². The van der Waals surface area contributed by atoms with Crippen LogP contribution in [-0.2, 0) is 11.8 Å². The van der Waals surface area contributed by atoms with Gasteiger partial charge in [-0.25, -0.2) is 9.37 Å². The van der Waals surface area contributed by atoms with E-state index in [4.69, 9.17) is 16.3 Å². The first-order valence-corrected chi connectivity index (χ1v) is 8.73. The summed E-state index contributed by atoms with van der Waals surface area (Å²) in [5.41, 5.74) is 1.29. The molecule has 0 aliphatic rings. The predicted molar refractivity (Wildman–Crippen MR) is 101 cm³/mol. The fraction of sp³-hybridized carbons (Fsp3) is 0.200. The highest BCUT2D eigenvalue weighted by Crippen LogP contribution is 2.26. The van der Waals surface area contributed by atoms with Crippen molar-refractivity contribution in [1.29, 1.82) is 0 Å². The van der Waals surface area contributed by atoms with E-state index in [-0.39, 0.29) is 6.61 Å². The van der Waals surface area contributed by atoms with Gasteiger partial charge < -0.3 is 14.6 Å². The van der Waals surface area contributed by atoms with Crippen molar-refractivity contribution in [1.82, 2.24) is 14.9 Å². The molecule has 0 aliphatic heterocycles. The number of benzene rings is 2. The van der Waals surface area contributed by atoms with Gasteiger partial charge in [0, 0.05) is 25.0 Å². The number of hydrogen-bond acceptors (Lipinski definition) is 3. The SMILES string of the molecule is Cc1ccc(Cl)c(OCC(=O)NC(c2ccccc2F)c2nccn2C)c1. The average Bonchev–Trinajstić information content (AvgIpc) is 3.07. The maximum atomic E-state index is 14.3. The third-order valence-corrected chi connectivity index (χ3v) is 4.40. The Morgan fingerprint density at radius 3 is 2.81 bits per heavy atom. The molecule has 27 heavy (non-hydrogen) atoms. The van der Waals surface area contributed by atoms with Crippen molar-refractivity contribution in [2.75, 3.05) is 6.61 Å². The van der Waals surface area contributed by atoms with E-state index in [1.54, 1.807) is 54.3 Å². The van der Waals surface area contributed by atoms with E-state index in [0.29, 0.717) is 22.2 Å². The molecule has 0 bridgehead atoms. The van der Waals surface area contributed by atoms with Gasteiger partial charge in [0.2, 0.25) is 0 Å². The summed E-state index contributed by atoms with van der Waals surface area (Å²) in [5, 5.41) is 3.21.